The second-order valence-corrected chi connectivity index (χ2v) is 8.02. The van der Waals surface area contributed by atoms with E-state index in [9.17, 15) is 9.18 Å². The number of likely N-dealkylation sites (tertiary alicyclic amines) is 1. The van der Waals surface area contributed by atoms with E-state index in [1.54, 1.807) is 25.3 Å². The van der Waals surface area contributed by atoms with Crippen molar-refractivity contribution in [2.45, 2.75) is 52.5 Å². The average molecular weight is 407 g/mol. The molecule has 0 bridgehead atoms. The zero-order valence-electron chi connectivity index (χ0n) is 17.7. The minimum atomic E-state index is -0.257. The Bertz CT molecular complexity index is 1100. The van der Waals surface area contributed by atoms with E-state index < -0.39 is 0 Å². The predicted molar refractivity (Wildman–Crippen MR) is 118 cm³/mol. The minimum Gasteiger partial charge on any atom is -0.354 e. The number of halogens is 1. The average Bonchev–Trinajstić information content (AvgIpc) is 2.75. The van der Waals surface area contributed by atoms with Gasteiger partial charge < -0.3 is 10.2 Å². The molecule has 0 aliphatic carbocycles. The highest BCUT2D eigenvalue weighted by Crippen LogP contribution is 2.32. The lowest BCUT2D eigenvalue weighted by molar-refractivity contribution is 0.0609. The standard InChI is InChI=1S/C24H27FN4O/c1-4-18-7-5-6-12-29(18)24(30)20-14-26-23-19(10-8-16(3)27-23)22(20)28-17-9-11-21(25)15(2)13-17/h8-11,13-14,18H,4-7,12H2,1-3H3,(H,26,27,28). The molecule has 4 rings (SSSR count). The monoisotopic (exact) mass is 406 g/mol. The van der Waals surface area contributed by atoms with Crippen LogP contribution in [0.3, 0.4) is 0 Å². The van der Waals surface area contributed by atoms with Crippen LogP contribution in [-0.4, -0.2) is 33.4 Å². The van der Waals surface area contributed by atoms with Crippen LogP contribution in [0.1, 0.15) is 54.2 Å². The van der Waals surface area contributed by atoms with E-state index in [1.807, 2.05) is 24.0 Å². The second kappa shape index (κ2) is 8.38. The third-order valence-electron chi connectivity index (χ3n) is 5.89. The number of carbonyl (C=O) groups is 1. The number of hydrogen-bond acceptors (Lipinski definition) is 4. The van der Waals surface area contributed by atoms with Gasteiger partial charge in [-0.2, -0.15) is 0 Å². The first-order chi connectivity index (χ1) is 14.5. The van der Waals surface area contributed by atoms with Gasteiger partial charge in [-0.1, -0.05) is 6.92 Å². The van der Waals surface area contributed by atoms with Crippen molar-refractivity contribution in [2.75, 3.05) is 11.9 Å². The highest BCUT2D eigenvalue weighted by molar-refractivity contribution is 6.07. The molecule has 1 aliphatic heterocycles. The van der Waals surface area contributed by atoms with Crippen LogP contribution in [-0.2, 0) is 0 Å². The molecule has 1 unspecified atom stereocenters. The number of piperidine rings is 1. The van der Waals surface area contributed by atoms with E-state index in [-0.39, 0.29) is 17.8 Å². The van der Waals surface area contributed by atoms with Crippen LogP contribution in [0.5, 0.6) is 0 Å². The number of pyridine rings is 2. The molecule has 0 radical (unpaired) electrons. The number of rotatable bonds is 4. The number of benzene rings is 1. The lowest BCUT2D eigenvalue weighted by Crippen LogP contribution is -2.43. The van der Waals surface area contributed by atoms with Crippen LogP contribution in [0.2, 0.25) is 0 Å². The van der Waals surface area contributed by atoms with E-state index in [4.69, 9.17) is 0 Å². The van der Waals surface area contributed by atoms with Gasteiger partial charge in [0.2, 0.25) is 0 Å². The quantitative estimate of drug-likeness (QED) is 0.619. The Labute approximate surface area is 176 Å². The van der Waals surface area contributed by atoms with Gasteiger partial charge in [0.1, 0.15) is 5.82 Å². The van der Waals surface area contributed by atoms with Crippen molar-refractivity contribution in [3.8, 4) is 0 Å². The SMILES string of the molecule is CCC1CCCCN1C(=O)c1cnc2nc(C)ccc2c1Nc1ccc(F)c(C)c1. The molecule has 3 heterocycles. The molecule has 1 atom stereocenters. The Kier molecular flexibility index (Phi) is 5.66. The Hall–Kier alpha value is -3.02. The van der Waals surface area contributed by atoms with Gasteiger partial charge in [0.05, 0.1) is 11.3 Å². The van der Waals surface area contributed by atoms with Gasteiger partial charge in [0.15, 0.2) is 5.65 Å². The van der Waals surface area contributed by atoms with Crippen LogP contribution in [0.25, 0.3) is 11.0 Å². The molecule has 2 aromatic heterocycles. The molecule has 0 saturated carbocycles. The number of fused-ring (bicyclic) bond motifs is 1. The summed E-state index contributed by atoms with van der Waals surface area (Å²) in [4.78, 5) is 24.6. The van der Waals surface area contributed by atoms with Crippen molar-refractivity contribution in [3.63, 3.8) is 0 Å². The summed E-state index contributed by atoms with van der Waals surface area (Å²) in [5, 5.41) is 4.14. The van der Waals surface area contributed by atoms with Gasteiger partial charge in [-0.05, 0) is 75.4 Å². The van der Waals surface area contributed by atoms with E-state index in [0.29, 0.717) is 22.5 Å². The van der Waals surface area contributed by atoms with Gasteiger partial charge in [-0.25, -0.2) is 14.4 Å². The summed E-state index contributed by atoms with van der Waals surface area (Å²) in [5.74, 6) is -0.273. The van der Waals surface area contributed by atoms with Gasteiger partial charge in [-0.3, -0.25) is 4.79 Å². The molecule has 1 N–H and O–H groups in total. The number of nitrogens with one attached hydrogen (secondary N) is 1. The summed E-state index contributed by atoms with van der Waals surface area (Å²) in [6.45, 7) is 6.52. The molecule has 1 aromatic carbocycles. The Balaban J connectivity index is 1.82. The number of nitrogens with zero attached hydrogens (tertiary/aromatic N) is 3. The molecule has 6 heteroatoms. The van der Waals surface area contributed by atoms with Gasteiger partial charge in [0, 0.05) is 35.6 Å². The maximum Gasteiger partial charge on any atom is 0.257 e. The van der Waals surface area contributed by atoms with Crippen LogP contribution in [0, 0.1) is 19.7 Å². The fourth-order valence-electron chi connectivity index (χ4n) is 4.18. The number of hydrogen-bond donors (Lipinski definition) is 1. The second-order valence-electron chi connectivity index (χ2n) is 8.02. The first kappa shape index (κ1) is 20.3. The summed E-state index contributed by atoms with van der Waals surface area (Å²) in [6.07, 6.45) is 5.76. The van der Waals surface area contributed by atoms with Crippen molar-refractivity contribution in [3.05, 3.63) is 59.2 Å². The van der Waals surface area contributed by atoms with E-state index in [1.165, 1.54) is 6.07 Å². The first-order valence-corrected chi connectivity index (χ1v) is 10.6. The number of carbonyl (C=O) groups excluding carboxylic acids is 1. The summed E-state index contributed by atoms with van der Waals surface area (Å²) in [7, 11) is 0. The Morgan fingerprint density at radius 1 is 1.23 bits per heavy atom. The summed E-state index contributed by atoms with van der Waals surface area (Å²) in [6, 6.07) is 8.96. The lowest BCUT2D eigenvalue weighted by Gasteiger charge is -2.35. The molecule has 1 aliphatic rings. The molecular weight excluding hydrogens is 379 g/mol. The van der Waals surface area contributed by atoms with Crippen LogP contribution < -0.4 is 5.32 Å². The summed E-state index contributed by atoms with van der Waals surface area (Å²) < 4.78 is 13.8. The number of anilines is 2. The fourth-order valence-corrected chi connectivity index (χ4v) is 4.18. The van der Waals surface area contributed by atoms with Gasteiger partial charge in [0.25, 0.3) is 5.91 Å². The van der Waals surface area contributed by atoms with E-state index >= 15 is 0 Å². The minimum absolute atomic E-state index is 0.0159. The first-order valence-electron chi connectivity index (χ1n) is 10.6. The van der Waals surface area contributed by atoms with E-state index in [0.717, 1.165) is 49.0 Å². The summed E-state index contributed by atoms with van der Waals surface area (Å²) in [5.41, 5.74) is 3.90. The van der Waals surface area contributed by atoms with Gasteiger partial charge in [-0.15, -0.1) is 0 Å². The number of amides is 1. The zero-order chi connectivity index (χ0) is 21.3. The Morgan fingerprint density at radius 3 is 2.83 bits per heavy atom. The van der Waals surface area contributed by atoms with Crippen LogP contribution in [0.15, 0.2) is 36.5 Å². The number of aromatic nitrogens is 2. The third kappa shape index (κ3) is 3.86. The van der Waals surface area contributed by atoms with Crippen LogP contribution in [0.4, 0.5) is 15.8 Å². The van der Waals surface area contributed by atoms with Crippen molar-refractivity contribution in [1.29, 1.82) is 0 Å². The third-order valence-corrected chi connectivity index (χ3v) is 5.89. The summed E-state index contributed by atoms with van der Waals surface area (Å²) >= 11 is 0. The molecule has 30 heavy (non-hydrogen) atoms. The zero-order valence-corrected chi connectivity index (χ0v) is 17.7. The molecule has 0 spiro atoms. The molecule has 1 fully saturated rings. The maximum absolute atomic E-state index is 13.8. The predicted octanol–water partition coefficient (Wildman–Crippen LogP) is 5.53. The smallest absolute Gasteiger partial charge is 0.257 e. The molecule has 5 nitrogen and oxygen atoms in total. The molecule has 1 amide bonds. The molecule has 3 aromatic rings. The molecular formula is C24H27FN4O. The van der Waals surface area contributed by atoms with Crippen molar-refractivity contribution in [1.82, 2.24) is 14.9 Å². The van der Waals surface area contributed by atoms with Crippen molar-refractivity contribution >= 4 is 28.3 Å². The molecule has 1 saturated heterocycles. The van der Waals surface area contributed by atoms with E-state index in [2.05, 4.69) is 22.2 Å². The maximum atomic E-state index is 13.8. The fraction of sp³-hybridized carbons (Fsp3) is 0.375. The molecule has 156 valence electrons. The van der Waals surface area contributed by atoms with Crippen molar-refractivity contribution in [2.24, 2.45) is 0 Å². The number of aryl methyl sites for hydroxylation is 2. The Morgan fingerprint density at radius 2 is 2.07 bits per heavy atom. The highest BCUT2D eigenvalue weighted by atomic mass is 19.1. The van der Waals surface area contributed by atoms with Crippen molar-refractivity contribution < 1.29 is 9.18 Å². The van der Waals surface area contributed by atoms with Gasteiger partial charge >= 0.3 is 0 Å². The highest BCUT2D eigenvalue weighted by Gasteiger charge is 2.28. The largest absolute Gasteiger partial charge is 0.354 e. The normalized spacial score (nSPS) is 16.7. The lowest BCUT2D eigenvalue weighted by atomic mass is 9.98. The topological polar surface area (TPSA) is 58.1 Å². The van der Waals surface area contributed by atoms with Crippen LogP contribution >= 0.6 is 0 Å².